The number of benzene rings is 1. The zero-order valence-corrected chi connectivity index (χ0v) is 14.2. The first-order valence-electron chi connectivity index (χ1n) is 8.43. The zero-order chi connectivity index (χ0) is 16.9. The summed E-state index contributed by atoms with van der Waals surface area (Å²) < 4.78 is 5.97. The van der Waals surface area contributed by atoms with Crippen LogP contribution < -0.4 is 0 Å². The third kappa shape index (κ3) is 4.35. The smallest absolute Gasteiger partial charge is 0.115 e. The van der Waals surface area contributed by atoms with Gasteiger partial charge in [0, 0.05) is 18.8 Å². The van der Waals surface area contributed by atoms with Gasteiger partial charge in [0.2, 0.25) is 0 Å². The number of phenolic OH excluding ortho intramolecular Hbond substituents is 1. The van der Waals surface area contributed by atoms with Crippen molar-refractivity contribution in [1.29, 1.82) is 0 Å². The minimum atomic E-state index is -0.0326. The highest BCUT2D eigenvalue weighted by atomic mass is 16.7. The lowest BCUT2D eigenvalue weighted by Crippen LogP contribution is -2.37. The number of nitrogens with one attached hydrogen (secondary N) is 1. The van der Waals surface area contributed by atoms with Crippen LogP contribution in [0.5, 0.6) is 5.75 Å². The Hall–Kier alpha value is -1.89. The average Bonchev–Trinajstić information content (AvgIpc) is 3.00. The van der Waals surface area contributed by atoms with Gasteiger partial charge in [0.25, 0.3) is 0 Å². The van der Waals surface area contributed by atoms with Gasteiger partial charge in [-0.1, -0.05) is 12.1 Å². The molecule has 2 aromatic rings. The second-order valence-electron chi connectivity index (χ2n) is 6.25. The molecule has 1 atom stereocenters. The molecule has 3 rings (SSSR count). The van der Waals surface area contributed by atoms with Crippen molar-refractivity contribution in [3.8, 4) is 5.75 Å². The number of aromatic nitrogens is 2. The van der Waals surface area contributed by atoms with Crippen molar-refractivity contribution in [2.45, 2.75) is 45.5 Å². The fourth-order valence-electron chi connectivity index (χ4n) is 2.86. The third-order valence-corrected chi connectivity index (χ3v) is 4.46. The number of hydrogen-bond donors (Lipinski definition) is 2. The van der Waals surface area contributed by atoms with E-state index in [-0.39, 0.29) is 18.0 Å². The van der Waals surface area contributed by atoms with Gasteiger partial charge in [0.15, 0.2) is 0 Å². The van der Waals surface area contributed by atoms with Crippen molar-refractivity contribution in [3.05, 3.63) is 47.5 Å². The quantitative estimate of drug-likeness (QED) is 0.851. The van der Waals surface area contributed by atoms with Crippen LogP contribution >= 0.6 is 0 Å². The standard InChI is InChI=1S/C18H25N3O3/c1-13-18(20-12-19-13)11-23-17-7-9-21(10-8-17)24-14(2)15-3-5-16(22)6-4-15/h3-6,12,14,17,22H,7-11H2,1-2H3,(H,19,20). The molecule has 1 unspecified atom stereocenters. The average molecular weight is 331 g/mol. The van der Waals surface area contributed by atoms with E-state index in [1.54, 1.807) is 18.5 Å². The lowest BCUT2D eigenvalue weighted by molar-refractivity contribution is -0.215. The Kier molecular flexibility index (Phi) is 5.50. The van der Waals surface area contributed by atoms with Crippen LogP contribution in [-0.2, 0) is 16.2 Å². The van der Waals surface area contributed by atoms with Crippen LogP contribution in [0, 0.1) is 6.92 Å². The second-order valence-corrected chi connectivity index (χ2v) is 6.25. The summed E-state index contributed by atoms with van der Waals surface area (Å²) in [5.41, 5.74) is 3.10. The van der Waals surface area contributed by atoms with E-state index >= 15 is 0 Å². The molecule has 0 radical (unpaired) electrons. The number of aromatic hydroxyl groups is 1. The van der Waals surface area contributed by atoms with Crippen LogP contribution in [0.25, 0.3) is 0 Å². The largest absolute Gasteiger partial charge is 0.508 e. The van der Waals surface area contributed by atoms with E-state index in [4.69, 9.17) is 9.57 Å². The van der Waals surface area contributed by atoms with Crippen LogP contribution in [0.2, 0.25) is 0 Å². The Morgan fingerprint density at radius 2 is 2.00 bits per heavy atom. The van der Waals surface area contributed by atoms with E-state index in [0.717, 1.165) is 42.9 Å². The SMILES string of the molecule is Cc1[nH]cnc1COC1CCN(OC(C)c2ccc(O)cc2)CC1. The minimum Gasteiger partial charge on any atom is -0.508 e. The van der Waals surface area contributed by atoms with Crippen molar-refractivity contribution in [3.63, 3.8) is 0 Å². The Labute approximate surface area is 142 Å². The fourth-order valence-corrected chi connectivity index (χ4v) is 2.86. The van der Waals surface area contributed by atoms with Crippen LogP contribution in [0.15, 0.2) is 30.6 Å². The number of hydroxylamine groups is 2. The van der Waals surface area contributed by atoms with Crippen LogP contribution in [-0.4, -0.2) is 39.3 Å². The van der Waals surface area contributed by atoms with Crippen molar-refractivity contribution >= 4 is 0 Å². The molecule has 1 saturated heterocycles. The van der Waals surface area contributed by atoms with Crippen molar-refractivity contribution in [2.75, 3.05) is 13.1 Å². The van der Waals surface area contributed by atoms with E-state index in [1.165, 1.54) is 0 Å². The number of aryl methyl sites for hydroxylation is 1. The van der Waals surface area contributed by atoms with Crippen LogP contribution in [0.1, 0.15) is 42.8 Å². The highest BCUT2D eigenvalue weighted by molar-refractivity contribution is 5.27. The van der Waals surface area contributed by atoms with Gasteiger partial charge >= 0.3 is 0 Å². The molecular weight excluding hydrogens is 306 g/mol. The van der Waals surface area contributed by atoms with E-state index in [1.807, 2.05) is 31.0 Å². The number of ether oxygens (including phenoxy) is 1. The fraction of sp³-hybridized carbons (Fsp3) is 0.500. The Morgan fingerprint density at radius 1 is 1.29 bits per heavy atom. The molecule has 1 aliphatic heterocycles. The maximum Gasteiger partial charge on any atom is 0.115 e. The van der Waals surface area contributed by atoms with Gasteiger partial charge in [-0.25, -0.2) is 4.98 Å². The monoisotopic (exact) mass is 331 g/mol. The summed E-state index contributed by atoms with van der Waals surface area (Å²) in [5, 5.41) is 11.4. The topological polar surface area (TPSA) is 70.6 Å². The van der Waals surface area contributed by atoms with Gasteiger partial charge in [0.05, 0.1) is 24.7 Å². The summed E-state index contributed by atoms with van der Waals surface area (Å²) in [6.07, 6.45) is 3.83. The molecule has 1 aliphatic rings. The molecule has 6 heteroatoms. The molecule has 24 heavy (non-hydrogen) atoms. The van der Waals surface area contributed by atoms with Gasteiger partial charge < -0.3 is 14.8 Å². The Bertz CT molecular complexity index is 633. The van der Waals surface area contributed by atoms with E-state index in [0.29, 0.717) is 6.61 Å². The maximum atomic E-state index is 9.35. The Morgan fingerprint density at radius 3 is 2.62 bits per heavy atom. The summed E-state index contributed by atoms with van der Waals surface area (Å²) in [4.78, 5) is 13.3. The lowest BCUT2D eigenvalue weighted by Gasteiger charge is -2.33. The summed E-state index contributed by atoms with van der Waals surface area (Å²) >= 11 is 0. The zero-order valence-electron chi connectivity index (χ0n) is 14.2. The summed E-state index contributed by atoms with van der Waals surface area (Å²) in [7, 11) is 0. The number of imidazole rings is 1. The third-order valence-electron chi connectivity index (χ3n) is 4.46. The molecule has 0 spiro atoms. The molecular formula is C18H25N3O3. The molecule has 0 aliphatic carbocycles. The van der Waals surface area contributed by atoms with Gasteiger partial charge in [-0.2, -0.15) is 5.06 Å². The highest BCUT2D eigenvalue weighted by Crippen LogP contribution is 2.23. The van der Waals surface area contributed by atoms with Gasteiger partial charge in [-0.3, -0.25) is 4.84 Å². The number of phenols is 1. The van der Waals surface area contributed by atoms with E-state index in [9.17, 15) is 5.11 Å². The number of hydrogen-bond acceptors (Lipinski definition) is 5. The van der Waals surface area contributed by atoms with Crippen molar-refractivity contribution < 1.29 is 14.7 Å². The molecule has 0 bridgehead atoms. The van der Waals surface area contributed by atoms with Gasteiger partial charge in [0.1, 0.15) is 11.9 Å². The van der Waals surface area contributed by atoms with Crippen molar-refractivity contribution in [2.24, 2.45) is 0 Å². The predicted octanol–water partition coefficient (Wildman–Crippen LogP) is 3.10. The number of piperidine rings is 1. The summed E-state index contributed by atoms with van der Waals surface area (Å²) in [5.74, 6) is 0.274. The molecule has 1 fully saturated rings. The number of rotatable bonds is 6. The van der Waals surface area contributed by atoms with E-state index < -0.39 is 0 Å². The maximum absolute atomic E-state index is 9.35. The van der Waals surface area contributed by atoms with Gasteiger partial charge in [-0.15, -0.1) is 0 Å². The number of nitrogens with zero attached hydrogens (tertiary/aromatic N) is 2. The number of H-pyrrole nitrogens is 1. The number of aromatic amines is 1. The molecule has 6 nitrogen and oxygen atoms in total. The van der Waals surface area contributed by atoms with Crippen LogP contribution in [0.4, 0.5) is 0 Å². The van der Waals surface area contributed by atoms with E-state index in [2.05, 4.69) is 9.97 Å². The first-order chi connectivity index (χ1) is 11.6. The molecule has 2 N–H and O–H groups in total. The van der Waals surface area contributed by atoms with Crippen molar-refractivity contribution in [1.82, 2.24) is 15.0 Å². The molecule has 1 aromatic heterocycles. The molecule has 0 amide bonds. The molecule has 1 aromatic carbocycles. The lowest BCUT2D eigenvalue weighted by atomic mass is 10.1. The molecule has 130 valence electrons. The first kappa shape index (κ1) is 17.0. The predicted molar refractivity (Wildman–Crippen MR) is 90.3 cm³/mol. The summed E-state index contributed by atoms with van der Waals surface area (Å²) in [6.45, 7) is 6.30. The molecule has 2 heterocycles. The van der Waals surface area contributed by atoms with Gasteiger partial charge in [-0.05, 0) is 44.4 Å². The summed E-state index contributed by atoms with van der Waals surface area (Å²) in [6, 6.07) is 7.16. The second kappa shape index (κ2) is 7.79. The van der Waals surface area contributed by atoms with Crippen LogP contribution in [0.3, 0.4) is 0 Å². The Balaban J connectivity index is 1.41. The minimum absolute atomic E-state index is 0.0326. The molecule has 0 saturated carbocycles. The highest BCUT2D eigenvalue weighted by Gasteiger charge is 2.22. The normalized spacial score (nSPS) is 17.9. The first-order valence-corrected chi connectivity index (χ1v) is 8.43.